The molecule has 0 spiro atoms. The smallest absolute Gasteiger partial charge is 0.213 e. The highest BCUT2D eigenvalue weighted by molar-refractivity contribution is 14.2. The summed E-state index contributed by atoms with van der Waals surface area (Å²) in [6, 6.07) is 3.21. The predicted octanol–water partition coefficient (Wildman–Crippen LogP) is 3.53. The first-order chi connectivity index (χ1) is 5.84. The van der Waals surface area contributed by atoms with E-state index in [9.17, 15) is 8.42 Å². The van der Waals surface area contributed by atoms with Gasteiger partial charge in [0.2, 0.25) is 7.01 Å². The van der Waals surface area contributed by atoms with Crippen LogP contribution in [-0.4, -0.2) is 8.42 Å². The average molecular weight is 395 g/mol. The average Bonchev–Trinajstić information content (AvgIpc) is 1.98. The number of aryl methyl sites for hydroxylation is 1. The predicted molar refractivity (Wildman–Crippen MR) is 65.1 cm³/mol. The van der Waals surface area contributed by atoms with Gasteiger partial charge in [0.25, 0.3) is 0 Å². The molecule has 0 aromatic heterocycles. The van der Waals surface area contributed by atoms with Gasteiger partial charge in [0.05, 0.1) is 31.1 Å². The molecule has 72 valence electrons. The zero-order valence-corrected chi connectivity index (χ0v) is 11.8. The maximum atomic E-state index is 11.2. The Balaban J connectivity index is 3.53. The van der Waals surface area contributed by atoms with Crippen molar-refractivity contribution in [3.63, 3.8) is 0 Å². The molecule has 0 bridgehead atoms. The van der Waals surface area contributed by atoms with Crippen molar-refractivity contribution in [3.8, 4) is 0 Å². The quantitative estimate of drug-likeness (QED) is 0.539. The third-order valence-electron chi connectivity index (χ3n) is 1.50. The molecule has 0 unspecified atom stereocenters. The van der Waals surface area contributed by atoms with Crippen molar-refractivity contribution < 1.29 is 8.42 Å². The lowest BCUT2D eigenvalue weighted by atomic mass is 10.2. The Morgan fingerprint density at radius 2 is 2.00 bits per heavy atom. The van der Waals surface area contributed by atoms with Crippen molar-refractivity contribution in [1.82, 2.24) is 0 Å². The van der Waals surface area contributed by atoms with Crippen LogP contribution in [-0.2, 0) is 7.01 Å². The molecule has 6 heteroatoms. The highest BCUT2D eigenvalue weighted by Gasteiger charge is 2.16. The molecule has 0 radical (unpaired) electrons. The van der Waals surface area contributed by atoms with Crippen LogP contribution in [0.2, 0.25) is 5.02 Å². The fourth-order valence-corrected chi connectivity index (χ4v) is 3.85. The van der Waals surface area contributed by atoms with Gasteiger partial charge in [-0.25, -0.2) is 8.42 Å². The molecule has 0 fully saturated rings. The van der Waals surface area contributed by atoms with Crippen LogP contribution < -0.4 is 0 Å². The fraction of sp³-hybridized carbons (Fsp3) is 0.143. The Bertz CT molecular complexity index is 444. The molecule has 0 atom stereocenters. The van der Waals surface area contributed by atoms with Crippen molar-refractivity contribution in [3.05, 3.63) is 27.2 Å². The van der Waals surface area contributed by atoms with Gasteiger partial charge in [-0.3, -0.25) is 0 Å². The minimum atomic E-state index is -3.26. The second-order valence-corrected chi connectivity index (χ2v) is 8.41. The Morgan fingerprint density at radius 3 is 2.46 bits per heavy atom. The van der Waals surface area contributed by atoms with Gasteiger partial charge in [0.15, 0.2) is 0 Å². The molecular weight excluding hydrogens is 390 g/mol. The minimum absolute atomic E-state index is 0.146. The molecule has 2 nitrogen and oxygen atoms in total. The summed E-state index contributed by atoms with van der Waals surface area (Å²) < 4.78 is 23.0. The molecule has 0 saturated carbocycles. The largest absolute Gasteiger partial charge is 0.232 e. The van der Waals surface area contributed by atoms with Crippen LogP contribution in [0.3, 0.4) is 0 Å². The summed E-state index contributed by atoms with van der Waals surface area (Å²) in [6.45, 7) is 1.85. The lowest BCUT2D eigenvalue weighted by molar-refractivity contribution is 0.612. The highest BCUT2D eigenvalue weighted by atomic mass is 127. The lowest BCUT2D eigenvalue weighted by Gasteiger charge is -2.04. The standard InChI is InChI=1S/C7H5BrClIO2S/c1-4-2-3-5(13(10,11)12)7(9)6(4)8/h2-3H,1H3. The van der Waals surface area contributed by atoms with Gasteiger partial charge in [-0.1, -0.05) is 17.7 Å². The molecule has 0 aliphatic heterocycles. The van der Waals surface area contributed by atoms with Gasteiger partial charge in [-0.2, -0.15) is 0 Å². The summed E-state index contributed by atoms with van der Waals surface area (Å²) in [5.74, 6) is 0. The van der Waals surface area contributed by atoms with Crippen LogP contribution in [0.1, 0.15) is 5.56 Å². The normalized spacial score (nSPS) is 11.7. The highest BCUT2D eigenvalue weighted by Crippen LogP contribution is 2.34. The van der Waals surface area contributed by atoms with Crippen LogP contribution in [0, 0.1) is 6.92 Å². The van der Waals surface area contributed by atoms with E-state index in [1.807, 2.05) is 6.92 Å². The number of hydrogen-bond acceptors (Lipinski definition) is 2. The number of rotatable bonds is 1. The van der Waals surface area contributed by atoms with Crippen molar-refractivity contribution >= 4 is 55.7 Å². The molecule has 1 aromatic rings. The van der Waals surface area contributed by atoms with E-state index in [0.717, 1.165) is 5.56 Å². The summed E-state index contributed by atoms with van der Waals surface area (Å²) in [4.78, 5) is 0.146. The SMILES string of the molecule is Cc1ccc(S(=O)(=O)I)c(Cl)c1Br. The van der Waals surface area contributed by atoms with Gasteiger partial charge in [-0.05, 0) is 34.5 Å². The van der Waals surface area contributed by atoms with Crippen molar-refractivity contribution in [2.24, 2.45) is 0 Å². The first-order valence-electron chi connectivity index (χ1n) is 3.23. The van der Waals surface area contributed by atoms with Gasteiger partial charge < -0.3 is 0 Å². The summed E-state index contributed by atoms with van der Waals surface area (Å²) in [5, 5.41) is 0.245. The molecule has 1 rings (SSSR count). The summed E-state index contributed by atoms with van der Waals surface area (Å²) in [7, 11) is -3.26. The first-order valence-corrected chi connectivity index (χ1v) is 8.43. The van der Waals surface area contributed by atoms with Crippen LogP contribution in [0.5, 0.6) is 0 Å². The summed E-state index contributed by atoms with van der Waals surface area (Å²) >= 11 is 10.4. The third kappa shape index (κ3) is 2.57. The summed E-state index contributed by atoms with van der Waals surface area (Å²) in [5.41, 5.74) is 0.911. The lowest BCUT2D eigenvalue weighted by Crippen LogP contribution is -1.92. The molecule has 0 saturated heterocycles. The third-order valence-corrected chi connectivity index (χ3v) is 5.55. The molecule has 13 heavy (non-hydrogen) atoms. The maximum Gasteiger partial charge on any atom is 0.232 e. The van der Waals surface area contributed by atoms with Crippen LogP contribution in [0.4, 0.5) is 0 Å². The van der Waals surface area contributed by atoms with E-state index in [1.165, 1.54) is 27.3 Å². The van der Waals surface area contributed by atoms with Crippen molar-refractivity contribution in [2.45, 2.75) is 11.8 Å². The van der Waals surface area contributed by atoms with E-state index in [4.69, 9.17) is 11.6 Å². The fourth-order valence-electron chi connectivity index (χ4n) is 0.817. The summed E-state index contributed by atoms with van der Waals surface area (Å²) in [6.07, 6.45) is 0. The van der Waals surface area contributed by atoms with Gasteiger partial charge in [-0.15, -0.1) is 0 Å². The van der Waals surface area contributed by atoms with Crippen molar-refractivity contribution in [2.75, 3.05) is 0 Å². The minimum Gasteiger partial charge on any atom is -0.213 e. The molecule has 0 aliphatic rings. The number of benzene rings is 1. The molecule has 0 N–H and O–H groups in total. The number of halogens is 3. The van der Waals surface area contributed by atoms with E-state index in [0.29, 0.717) is 4.47 Å². The molecule has 0 aliphatic carbocycles. The zero-order valence-electron chi connectivity index (χ0n) is 6.51. The Kier molecular flexibility index (Phi) is 3.65. The maximum absolute atomic E-state index is 11.2. The van der Waals surface area contributed by atoms with E-state index in [2.05, 4.69) is 15.9 Å². The van der Waals surface area contributed by atoms with E-state index in [1.54, 1.807) is 6.07 Å². The van der Waals surface area contributed by atoms with E-state index in [-0.39, 0.29) is 9.92 Å². The first kappa shape index (κ1) is 11.7. The van der Waals surface area contributed by atoms with Gasteiger partial charge in [0.1, 0.15) is 0 Å². The molecule has 1 aromatic carbocycles. The van der Waals surface area contributed by atoms with E-state index < -0.39 is 7.01 Å². The van der Waals surface area contributed by atoms with Crippen LogP contribution in [0.15, 0.2) is 21.5 Å². The zero-order chi connectivity index (χ0) is 10.2. The molecular formula is C7H5BrClIO2S. The van der Waals surface area contributed by atoms with Crippen LogP contribution >= 0.6 is 48.7 Å². The van der Waals surface area contributed by atoms with Crippen molar-refractivity contribution in [1.29, 1.82) is 0 Å². The second kappa shape index (κ2) is 4.04. The van der Waals surface area contributed by atoms with Gasteiger partial charge >= 0.3 is 0 Å². The monoisotopic (exact) mass is 394 g/mol. The Labute approximate surface area is 102 Å². The Hall–Kier alpha value is 0.670. The van der Waals surface area contributed by atoms with Gasteiger partial charge in [0, 0.05) is 4.47 Å². The van der Waals surface area contributed by atoms with Crippen LogP contribution in [0.25, 0.3) is 0 Å². The second-order valence-electron chi connectivity index (χ2n) is 2.45. The Morgan fingerprint density at radius 1 is 1.46 bits per heavy atom. The molecule has 0 heterocycles. The molecule has 0 amide bonds. The topological polar surface area (TPSA) is 34.1 Å². The van der Waals surface area contributed by atoms with E-state index >= 15 is 0 Å². The number of hydrogen-bond donors (Lipinski definition) is 0.